The van der Waals surface area contributed by atoms with Crippen molar-refractivity contribution in [3.05, 3.63) is 104 Å². The van der Waals surface area contributed by atoms with Gasteiger partial charge in [0.2, 0.25) is 5.43 Å². The number of amides is 2. The summed E-state index contributed by atoms with van der Waals surface area (Å²) in [6.45, 7) is 0.993. The molecule has 1 N–H and O–H groups in total. The maximum Gasteiger partial charge on any atom is 0.410 e. The lowest BCUT2D eigenvalue weighted by atomic mass is 10.1. The monoisotopic (exact) mass is 536 g/mol. The number of fused-ring (bicyclic) bond motifs is 1. The quantitative estimate of drug-likeness (QED) is 0.361. The molecule has 0 saturated carbocycles. The number of carbonyl (C=O) groups excluding carboxylic acids is 2. The predicted octanol–water partition coefficient (Wildman–Crippen LogP) is 5.54. The molecule has 1 aliphatic heterocycles. The van der Waals surface area contributed by atoms with Crippen molar-refractivity contribution in [1.29, 1.82) is 0 Å². The molecule has 1 fully saturated rings. The number of para-hydroxylation sites is 1. The van der Waals surface area contributed by atoms with Gasteiger partial charge < -0.3 is 19.5 Å². The molecular weight excluding hydrogens is 515 g/mol. The third-order valence-electron chi connectivity index (χ3n) is 6.25. The molecule has 0 aliphatic carbocycles. The summed E-state index contributed by atoms with van der Waals surface area (Å²) in [5.74, 6) is -0.642. The van der Waals surface area contributed by atoms with Crippen molar-refractivity contribution in [1.82, 2.24) is 14.5 Å². The third kappa shape index (κ3) is 5.16. The number of rotatable bonds is 5. The normalized spacial score (nSPS) is 15.1. The van der Waals surface area contributed by atoms with Crippen LogP contribution >= 0.6 is 23.2 Å². The first-order valence-corrected chi connectivity index (χ1v) is 12.4. The van der Waals surface area contributed by atoms with Gasteiger partial charge in [-0.15, -0.1) is 0 Å². The smallest absolute Gasteiger partial charge is 0.410 e. The lowest BCUT2D eigenvalue weighted by Crippen LogP contribution is -2.30. The van der Waals surface area contributed by atoms with Gasteiger partial charge in [-0.05, 0) is 36.2 Å². The van der Waals surface area contributed by atoms with E-state index in [1.54, 1.807) is 46.0 Å². The Morgan fingerprint density at radius 1 is 1.03 bits per heavy atom. The summed E-state index contributed by atoms with van der Waals surface area (Å²) in [6, 6.07) is 17.4. The number of ether oxygens (including phenoxy) is 1. The fourth-order valence-electron chi connectivity index (χ4n) is 4.37. The van der Waals surface area contributed by atoms with Gasteiger partial charge >= 0.3 is 6.09 Å². The predicted molar refractivity (Wildman–Crippen MR) is 142 cm³/mol. The Bertz CT molecular complexity index is 1520. The minimum Gasteiger partial charge on any atom is -0.445 e. The fraction of sp³-hybridized carbons (Fsp3) is 0.185. The van der Waals surface area contributed by atoms with Crippen LogP contribution in [-0.2, 0) is 11.3 Å². The molecule has 188 valence electrons. The number of hydrogen-bond acceptors (Lipinski definition) is 5. The van der Waals surface area contributed by atoms with Gasteiger partial charge in [-0.3, -0.25) is 9.59 Å². The molecule has 0 radical (unpaired) electrons. The molecule has 2 aromatic carbocycles. The number of aromatic nitrogens is 2. The fourth-order valence-corrected chi connectivity index (χ4v) is 4.86. The Balaban J connectivity index is 1.41. The number of halogens is 2. The standard InChI is InChI=1S/C27H22Cl2N4O4/c28-21-9-4-10-22(29)23(21)31-26(35)20-15-33(25-19(24(20)34)8-5-12-30-25)18-11-13-32(14-18)27(36)37-16-17-6-2-1-3-7-17/h1-10,12,15,18H,11,13-14,16H2,(H,31,35)/t18-/m0/s1. The van der Waals surface area contributed by atoms with Gasteiger partial charge in [0.05, 0.1) is 27.2 Å². The second kappa shape index (κ2) is 10.6. The molecule has 3 heterocycles. The summed E-state index contributed by atoms with van der Waals surface area (Å²) in [7, 11) is 0. The van der Waals surface area contributed by atoms with Crippen LogP contribution in [0.3, 0.4) is 0 Å². The van der Waals surface area contributed by atoms with Crippen LogP contribution in [0.15, 0.2) is 77.9 Å². The van der Waals surface area contributed by atoms with Crippen molar-refractivity contribution < 1.29 is 14.3 Å². The highest BCUT2D eigenvalue weighted by atomic mass is 35.5. The van der Waals surface area contributed by atoms with E-state index < -0.39 is 17.4 Å². The summed E-state index contributed by atoms with van der Waals surface area (Å²) in [4.78, 5) is 45.1. The van der Waals surface area contributed by atoms with E-state index >= 15 is 0 Å². The second-order valence-electron chi connectivity index (χ2n) is 8.63. The summed E-state index contributed by atoms with van der Waals surface area (Å²) >= 11 is 12.4. The van der Waals surface area contributed by atoms with Crippen LogP contribution in [0.5, 0.6) is 0 Å². The molecule has 1 saturated heterocycles. The van der Waals surface area contributed by atoms with Crippen molar-refractivity contribution in [2.75, 3.05) is 18.4 Å². The first kappa shape index (κ1) is 24.8. The van der Waals surface area contributed by atoms with E-state index in [2.05, 4.69) is 10.3 Å². The van der Waals surface area contributed by atoms with E-state index in [-0.39, 0.29) is 33.9 Å². The largest absolute Gasteiger partial charge is 0.445 e. The summed E-state index contributed by atoms with van der Waals surface area (Å²) in [6.07, 6.45) is 3.26. The number of benzene rings is 2. The Hall–Kier alpha value is -3.88. The van der Waals surface area contributed by atoms with Crippen LogP contribution in [0, 0.1) is 0 Å². The Morgan fingerprint density at radius 3 is 2.54 bits per heavy atom. The first-order chi connectivity index (χ1) is 17.9. The molecule has 4 aromatic rings. The molecule has 1 aliphatic rings. The summed E-state index contributed by atoms with van der Waals surface area (Å²) in [5, 5.41) is 3.46. The van der Waals surface area contributed by atoms with Crippen LogP contribution in [0.1, 0.15) is 28.4 Å². The van der Waals surface area contributed by atoms with Gasteiger partial charge in [-0.25, -0.2) is 9.78 Å². The third-order valence-corrected chi connectivity index (χ3v) is 6.88. The zero-order valence-electron chi connectivity index (χ0n) is 19.6. The van der Waals surface area contributed by atoms with Crippen molar-refractivity contribution in [3.63, 3.8) is 0 Å². The minimum absolute atomic E-state index is 0.0819. The number of anilines is 1. The van der Waals surface area contributed by atoms with E-state index in [1.165, 1.54) is 6.20 Å². The van der Waals surface area contributed by atoms with E-state index in [1.807, 2.05) is 30.3 Å². The molecule has 8 nitrogen and oxygen atoms in total. The molecule has 37 heavy (non-hydrogen) atoms. The average Bonchev–Trinajstić information content (AvgIpc) is 3.41. The zero-order valence-corrected chi connectivity index (χ0v) is 21.1. The highest BCUT2D eigenvalue weighted by Crippen LogP contribution is 2.30. The molecule has 2 aromatic heterocycles. The van der Waals surface area contributed by atoms with Gasteiger partial charge in [0, 0.05) is 25.5 Å². The van der Waals surface area contributed by atoms with Crippen LogP contribution in [0.2, 0.25) is 10.0 Å². The van der Waals surface area contributed by atoms with Gasteiger partial charge in [0.25, 0.3) is 5.91 Å². The molecule has 1 atom stereocenters. The van der Waals surface area contributed by atoms with E-state index in [4.69, 9.17) is 27.9 Å². The first-order valence-electron chi connectivity index (χ1n) is 11.6. The van der Waals surface area contributed by atoms with E-state index in [0.29, 0.717) is 30.5 Å². The topological polar surface area (TPSA) is 93.5 Å². The lowest BCUT2D eigenvalue weighted by Gasteiger charge is -2.20. The molecular formula is C27H22Cl2N4O4. The SMILES string of the molecule is O=C(Nc1c(Cl)cccc1Cl)c1cn([C@H]2CCN(C(=O)OCc3ccccc3)C2)c2ncccc2c1=O. The number of nitrogens with one attached hydrogen (secondary N) is 1. The summed E-state index contributed by atoms with van der Waals surface area (Å²) in [5.41, 5.74) is 1.01. The van der Waals surface area contributed by atoms with Crippen molar-refractivity contribution >= 4 is 51.9 Å². The molecule has 0 bridgehead atoms. The average molecular weight is 537 g/mol. The lowest BCUT2D eigenvalue weighted by molar-refractivity contribution is 0.101. The van der Waals surface area contributed by atoms with E-state index in [0.717, 1.165) is 5.56 Å². The number of pyridine rings is 2. The maximum absolute atomic E-state index is 13.2. The Labute approximate surface area is 222 Å². The molecule has 0 unspecified atom stereocenters. The highest BCUT2D eigenvalue weighted by molar-refractivity contribution is 6.40. The number of carbonyl (C=O) groups is 2. The number of likely N-dealkylation sites (tertiary alicyclic amines) is 1. The van der Waals surface area contributed by atoms with Crippen molar-refractivity contribution in [2.45, 2.75) is 19.1 Å². The number of nitrogens with zero attached hydrogens (tertiary/aromatic N) is 3. The zero-order chi connectivity index (χ0) is 25.9. The minimum atomic E-state index is -0.642. The van der Waals surface area contributed by atoms with Crippen LogP contribution in [0.4, 0.5) is 10.5 Å². The van der Waals surface area contributed by atoms with Gasteiger partial charge in [-0.1, -0.05) is 59.6 Å². The van der Waals surface area contributed by atoms with Gasteiger partial charge in [-0.2, -0.15) is 0 Å². The van der Waals surface area contributed by atoms with Crippen LogP contribution in [0.25, 0.3) is 11.0 Å². The molecule has 5 rings (SSSR count). The number of hydrogen-bond donors (Lipinski definition) is 1. The Morgan fingerprint density at radius 2 is 1.78 bits per heavy atom. The highest BCUT2D eigenvalue weighted by Gasteiger charge is 2.30. The van der Waals surface area contributed by atoms with Gasteiger partial charge in [0.15, 0.2) is 0 Å². The Kier molecular flexibility index (Phi) is 7.12. The van der Waals surface area contributed by atoms with Gasteiger partial charge in [0.1, 0.15) is 17.8 Å². The maximum atomic E-state index is 13.2. The van der Waals surface area contributed by atoms with Crippen molar-refractivity contribution in [3.8, 4) is 0 Å². The molecule has 2 amide bonds. The molecule has 10 heteroatoms. The summed E-state index contributed by atoms with van der Waals surface area (Å²) < 4.78 is 7.26. The van der Waals surface area contributed by atoms with Crippen LogP contribution in [-0.4, -0.2) is 39.5 Å². The van der Waals surface area contributed by atoms with Crippen LogP contribution < -0.4 is 10.7 Å². The van der Waals surface area contributed by atoms with E-state index in [9.17, 15) is 14.4 Å². The molecule has 0 spiro atoms. The van der Waals surface area contributed by atoms with Crippen molar-refractivity contribution in [2.24, 2.45) is 0 Å². The second-order valence-corrected chi connectivity index (χ2v) is 9.45.